The minimum absolute atomic E-state index is 0.0354. The number of aromatic carboxylic acids is 1. The van der Waals surface area contributed by atoms with Crippen molar-refractivity contribution in [3.8, 4) is 5.75 Å². The highest BCUT2D eigenvalue weighted by molar-refractivity contribution is 9.10. The van der Waals surface area contributed by atoms with Gasteiger partial charge in [-0.05, 0) is 38.0 Å². The van der Waals surface area contributed by atoms with Crippen molar-refractivity contribution >= 4 is 27.8 Å². The van der Waals surface area contributed by atoms with Gasteiger partial charge in [0.05, 0.1) is 0 Å². The zero-order valence-electron chi connectivity index (χ0n) is 11.7. The lowest BCUT2D eigenvalue weighted by Gasteiger charge is -2.14. The molecule has 1 rings (SSSR count). The second-order valence-electron chi connectivity index (χ2n) is 4.57. The van der Waals surface area contributed by atoms with Crippen molar-refractivity contribution in [1.29, 1.82) is 0 Å². The Bertz CT molecular complexity index is 516. The molecule has 0 bridgehead atoms. The van der Waals surface area contributed by atoms with Gasteiger partial charge in [0.1, 0.15) is 11.3 Å². The lowest BCUT2D eigenvalue weighted by molar-refractivity contribution is -0.123. The van der Waals surface area contributed by atoms with E-state index in [0.29, 0.717) is 10.0 Å². The maximum absolute atomic E-state index is 11.7. The van der Waals surface area contributed by atoms with Crippen molar-refractivity contribution in [2.75, 3.05) is 6.61 Å². The van der Waals surface area contributed by atoms with Crippen LogP contribution in [0.1, 0.15) is 36.2 Å². The van der Waals surface area contributed by atoms with Crippen LogP contribution in [0.25, 0.3) is 0 Å². The Morgan fingerprint density at radius 1 is 1.45 bits per heavy atom. The average Bonchev–Trinajstić information content (AvgIpc) is 2.36. The Kier molecular flexibility index (Phi) is 6.01. The molecule has 1 atom stereocenters. The van der Waals surface area contributed by atoms with Crippen LogP contribution in [0, 0.1) is 6.92 Å². The third-order valence-corrected chi connectivity index (χ3v) is 3.30. The van der Waals surface area contributed by atoms with Crippen molar-refractivity contribution < 1.29 is 19.4 Å². The lowest BCUT2D eigenvalue weighted by atomic mass is 10.1. The average molecular weight is 344 g/mol. The highest BCUT2D eigenvalue weighted by Gasteiger charge is 2.16. The molecule has 1 aromatic carbocycles. The van der Waals surface area contributed by atoms with Crippen LogP contribution < -0.4 is 10.1 Å². The Hall–Kier alpha value is -1.56. The zero-order valence-corrected chi connectivity index (χ0v) is 13.3. The van der Waals surface area contributed by atoms with Crippen LogP contribution in [0.2, 0.25) is 0 Å². The molecule has 1 amide bonds. The van der Waals surface area contributed by atoms with Gasteiger partial charge in [-0.1, -0.05) is 22.9 Å². The number of halogens is 1. The minimum atomic E-state index is -1.09. The van der Waals surface area contributed by atoms with Crippen LogP contribution in [-0.4, -0.2) is 29.6 Å². The quantitative estimate of drug-likeness (QED) is 0.832. The Morgan fingerprint density at radius 3 is 2.65 bits per heavy atom. The summed E-state index contributed by atoms with van der Waals surface area (Å²) in [5.41, 5.74) is 0.696. The molecule has 2 N–H and O–H groups in total. The van der Waals surface area contributed by atoms with E-state index >= 15 is 0 Å². The van der Waals surface area contributed by atoms with Gasteiger partial charge in [-0.2, -0.15) is 0 Å². The molecule has 0 saturated carbocycles. The lowest BCUT2D eigenvalue weighted by Crippen LogP contribution is -2.35. The number of carboxylic acids is 1. The monoisotopic (exact) mass is 343 g/mol. The minimum Gasteiger partial charge on any atom is -0.483 e. The van der Waals surface area contributed by atoms with E-state index in [9.17, 15) is 9.59 Å². The van der Waals surface area contributed by atoms with Crippen LogP contribution in [0.4, 0.5) is 0 Å². The first-order valence-electron chi connectivity index (χ1n) is 6.30. The summed E-state index contributed by atoms with van der Waals surface area (Å²) >= 11 is 3.24. The van der Waals surface area contributed by atoms with Crippen LogP contribution in [0.15, 0.2) is 16.6 Å². The van der Waals surface area contributed by atoms with Gasteiger partial charge in [0.25, 0.3) is 5.91 Å². The third kappa shape index (κ3) is 4.52. The number of benzene rings is 1. The fraction of sp³-hybridized carbons (Fsp3) is 0.429. The maximum Gasteiger partial charge on any atom is 0.339 e. The van der Waals surface area contributed by atoms with Crippen LogP contribution >= 0.6 is 15.9 Å². The van der Waals surface area contributed by atoms with E-state index in [4.69, 9.17) is 9.84 Å². The van der Waals surface area contributed by atoms with Crippen LogP contribution in [0.5, 0.6) is 5.75 Å². The summed E-state index contributed by atoms with van der Waals surface area (Å²) in [6.07, 6.45) is 0.823. The van der Waals surface area contributed by atoms with Crippen molar-refractivity contribution in [1.82, 2.24) is 5.32 Å². The van der Waals surface area contributed by atoms with E-state index in [1.165, 1.54) is 6.07 Å². The van der Waals surface area contributed by atoms with Gasteiger partial charge < -0.3 is 15.2 Å². The molecule has 5 nitrogen and oxygen atoms in total. The number of nitrogens with one attached hydrogen (secondary N) is 1. The number of carboxylic acid groups (broad SMARTS) is 1. The summed E-state index contributed by atoms with van der Waals surface area (Å²) in [6.45, 7) is 5.39. The second-order valence-corrected chi connectivity index (χ2v) is 5.49. The van der Waals surface area contributed by atoms with E-state index in [1.54, 1.807) is 13.0 Å². The predicted octanol–water partition coefficient (Wildman–Crippen LogP) is 2.75. The van der Waals surface area contributed by atoms with Gasteiger partial charge in [-0.25, -0.2) is 4.79 Å². The number of rotatable bonds is 6. The number of hydrogen-bond acceptors (Lipinski definition) is 3. The predicted molar refractivity (Wildman–Crippen MR) is 79.2 cm³/mol. The molecule has 1 unspecified atom stereocenters. The van der Waals surface area contributed by atoms with Gasteiger partial charge >= 0.3 is 5.97 Å². The summed E-state index contributed by atoms with van der Waals surface area (Å²) in [4.78, 5) is 22.8. The molecular formula is C14H18BrNO4. The van der Waals surface area contributed by atoms with Crippen molar-refractivity contribution in [2.24, 2.45) is 0 Å². The molecule has 0 aromatic heterocycles. The van der Waals surface area contributed by atoms with E-state index in [2.05, 4.69) is 21.2 Å². The van der Waals surface area contributed by atoms with E-state index < -0.39 is 5.97 Å². The SMILES string of the molecule is CCC(C)NC(=O)COc1c(C)cc(Br)cc1C(=O)O. The Balaban J connectivity index is 2.82. The first-order chi connectivity index (χ1) is 9.35. The molecule has 1 aromatic rings. The highest BCUT2D eigenvalue weighted by atomic mass is 79.9. The molecule has 0 fully saturated rings. The fourth-order valence-electron chi connectivity index (χ4n) is 1.64. The van der Waals surface area contributed by atoms with Crippen molar-refractivity contribution in [3.05, 3.63) is 27.7 Å². The smallest absolute Gasteiger partial charge is 0.339 e. The Labute approximate surface area is 126 Å². The topological polar surface area (TPSA) is 75.6 Å². The third-order valence-electron chi connectivity index (χ3n) is 2.84. The van der Waals surface area contributed by atoms with Crippen molar-refractivity contribution in [2.45, 2.75) is 33.2 Å². The van der Waals surface area contributed by atoms with Gasteiger partial charge in [-0.3, -0.25) is 4.79 Å². The maximum atomic E-state index is 11.7. The van der Waals surface area contributed by atoms with Gasteiger partial charge in [0, 0.05) is 10.5 Å². The number of ether oxygens (including phenoxy) is 1. The number of carbonyl (C=O) groups excluding carboxylic acids is 1. The van der Waals surface area contributed by atoms with E-state index in [1.807, 2.05) is 13.8 Å². The molecule has 110 valence electrons. The summed E-state index contributed by atoms with van der Waals surface area (Å²) in [5, 5.41) is 11.9. The normalized spacial score (nSPS) is 11.8. The number of amides is 1. The number of aryl methyl sites for hydroxylation is 1. The van der Waals surface area contributed by atoms with E-state index in [-0.39, 0.29) is 29.9 Å². The molecule has 0 heterocycles. The summed E-state index contributed by atoms with van der Waals surface area (Å²) in [6, 6.07) is 3.27. The zero-order chi connectivity index (χ0) is 15.3. The van der Waals surface area contributed by atoms with Gasteiger partial charge in [0.2, 0.25) is 0 Å². The second kappa shape index (κ2) is 7.28. The van der Waals surface area contributed by atoms with Gasteiger partial charge in [-0.15, -0.1) is 0 Å². The van der Waals surface area contributed by atoms with Crippen molar-refractivity contribution in [3.63, 3.8) is 0 Å². The summed E-state index contributed by atoms with van der Waals surface area (Å²) in [7, 11) is 0. The molecule has 0 saturated heterocycles. The first kappa shape index (κ1) is 16.5. The molecule has 6 heteroatoms. The highest BCUT2D eigenvalue weighted by Crippen LogP contribution is 2.28. The molecule has 0 aliphatic carbocycles. The molecular weight excluding hydrogens is 326 g/mol. The molecule has 0 radical (unpaired) electrons. The van der Waals surface area contributed by atoms with E-state index in [0.717, 1.165) is 6.42 Å². The fourth-order valence-corrected chi connectivity index (χ4v) is 2.21. The largest absolute Gasteiger partial charge is 0.483 e. The molecule has 0 aliphatic rings. The summed E-state index contributed by atoms with van der Waals surface area (Å²) < 4.78 is 6.03. The van der Waals surface area contributed by atoms with Crippen LogP contribution in [0.3, 0.4) is 0 Å². The Morgan fingerprint density at radius 2 is 2.10 bits per heavy atom. The molecule has 0 spiro atoms. The molecule has 20 heavy (non-hydrogen) atoms. The van der Waals surface area contributed by atoms with Gasteiger partial charge in [0.15, 0.2) is 6.61 Å². The number of hydrogen-bond donors (Lipinski definition) is 2. The first-order valence-corrected chi connectivity index (χ1v) is 7.10. The van der Waals surface area contributed by atoms with Crippen LogP contribution in [-0.2, 0) is 4.79 Å². The number of carbonyl (C=O) groups is 2. The summed E-state index contributed by atoms with van der Waals surface area (Å²) in [5.74, 6) is -1.13. The molecule has 0 aliphatic heterocycles. The standard InChI is InChI=1S/C14H18BrNO4/c1-4-9(3)16-12(17)7-20-13-8(2)5-10(15)6-11(13)14(18)19/h5-6,9H,4,7H2,1-3H3,(H,16,17)(H,18,19).